The number of aliphatic hydroxyl groups is 1. The molecule has 1 aliphatic heterocycles. The summed E-state index contributed by atoms with van der Waals surface area (Å²) in [5, 5.41) is 17.3. The summed E-state index contributed by atoms with van der Waals surface area (Å²) in [5.74, 6) is 0. The fraction of sp³-hybridized carbons (Fsp3) is 0.857. The van der Waals surface area contributed by atoms with Crippen LogP contribution in [0.1, 0.15) is 0 Å². The van der Waals surface area contributed by atoms with Gasteiger partial charge in [-0.3, -0.25) is 4.90 Å². The Morgan fingerprint density at radius 1 is 1.73 bits per heavy atom. The molecule has 62 valence electrons. The van der Waals surface area contributed by atoms with Gasteiger partial charge in [0.25, 0.3) is 0 Å². The molecule has 1 N–H and O–H groups in total. The highest BCUT2D eigenvalue weighted by molar-refractivity contribution is 4.83. The van der Waals surface area contributed by atoms with E-state index in [0.717, 1.165) is 6.54 Å². The second kappa shape index (κ2) is 4.29. The summed E-state index contributed by atoms with van der Waals surface area (Å²) in [4.78, 5) is 1.93. The quantitative estimate of drug-likeness (QED) is 0.532. The number of ether oxygens (including phenoxy) is 1. The minimum atomic E-state index is 0.0170. The molecule has 1 fully saturated rings. The average molecular weight is 156 g/mol. The zero-order valence-corrected chi connectivity index (χ0v) is 6.36. The molecular formula is C7H12N2O2. The van der Waals surface area contributed by atoms with Crippen molar-refractivity contribution in [2.75, 3.05) is 32.9 Å². The Morgan fingerprint density at radius 2 is 2.55 bits per heavy atom. The van der Waals surface area contributed by atoms with Gasteiger partial charge in [0.2, 0.25) is 0 Å². The maximum Gasteiger partial charge on any atom is 0.0870 e. The molecule has 0 saturated carbocycles. The van der Waals surface area contributed by atoms with Gasteiger partial charge in [-0.15, -0.1) is 0 Å². The molecule has 0 aromatic heterocycles. The maximum atomic E-state index is 8.86. The van der Waals surface area contributed by atoms with E-state index in [1.54, 1.807) is 0 Å². The van der Waals surface area contributed by atoms with E-state index < -0.39 is 0 Å². The molecule has 0 aliphatic carbocycles. The normalized spacial score (nSPS) is 26.4. The van der Waals surface area contributed by atoms with Crippen LogP contribution in [0, 0.1) is 11.3 Å². The van der Waals surface area contributed by atoms with Gasteiger partial charge in [0.15, 0.2) is 0 Å². The number of nitriles is 1. The monoisotopic (exact) mass is 156 g/mol. The van der Waals surface area contributed by atoms with Crippen molar-refractivity contribution in [3.63, 3.8) is 0 Å². The Hall–Kier alpha value is -0.630. The van der Waals surface area contributed by atoms with E-state index in [-0.39, 0.29) is 12.6 Å². The Bertz CT molecular complexity index is 155. The molecule has 1 rings (SSSR count). The average Bonchev–Trinajstić information content (AvgIpc) is 2.06. The summed E-state index contributed by atoms with van der Waals surface area (Å²) in [6.07, 6.45) is 0. The molecule has 1 atom stereocenters. The first kappa shape index (κ1) is 8.47. The van der Waals surface area contributed by atoms with E-state index in [2.05, 4.69) is 6.07 Å². The number of hydrogen-bond donors (Lipinski definition) is 1. The molecule has 0 spiro atoms. The van der Waals surface area contributed by atoms with Gasteiger partial charge in [-0.25, -0.2) is 0 Å². The van der Waals surface area contributed by atoms with Gasteiger partial charge in [0.05, 0.1) is 38.5 Å². The van der Waals surface area contributed by atoms with Crippen molar-refractivity contribution in [3.05, 3.63) is 0 Å². The largest absolute Gasteiger partial charge is 0.395 e. The lowest BCUT2D eigenvalue weighted by molar-refractivity contribution is -0.0212. The summed E-state index contributed by atoms with van der Waals surface area (Å²) >= 11 is 0. The SMILES string of the molecule is N#CCN1CCOCC1CO. The third-order valence-electron chi connectivity index (χ3n) is 1.83. The Labute approximate surface area is 66.0 Å². The Morgan fingerprint density at radius 3 is 3.18 bits per heavy atom. The van der Waals surface area contributed by atoms with E-state index in [4.69, 9.17) is 15.1 Å². The van der Waals surface area contributed by atoms with Crippen LogP contribution in [0.15, 0.2) is 0 Å². The van der Waals surface area contributed by atoms with Crippen molar-refractivity contribution in [2.24, 2.45) is 0 Å². The van der Waals surface area contributed by atoms with Crippen LogP contribution in [0.3, 0.4) is 0 Å². The summed E-state index contributed by atoms with van der Waals surface area (Å²) in [7, 11) is 0. The molecule has 4 nitrogen and oxygen atoms in total. The van der Waals surface area contributed by atoms with Gasteiger partial charge in [0, 0.05) is 6.54 Å². The second-order valence-electron chi connectivity index (χ2n) is 2.54. The number of morpholine rings is 1. The number of nitrogens with zero attached hydrogens (tertiary/aromatic N) is 2. The van der Waals surface area contributed by atoms with E-state index in [9.17, 15) is 0 Å². The molecule has 0 aromatic carbocycles. The molecule has 1 heterocycles. The highest BCUT2D eigenvalue weighted by Gasteiger charge is 2.21. The van der Waals surface area contributed by atoms with Gasteiger partial charge in [-0.1, -0.05) is 0 Å². The molecule has 0 bridgehead atoms. The van der Waals surface area contributed by atoms with Crippen LogP contribution in [0.5, 0.6) is 0 Å². The molecule has 4 heteroatoms. The summed E-state index contributed by atoms with van der Waals surface area (Å²) < 4.78 is 5.14. The van der Waals surface area contributed by atoms with Crippen molar-refractivity contribution in [3.8, 4) is 6.07 Å². The van der Waals surface area contributed by atoms with Crippen LogP contribution >= 0.6 is 0 Å². The smallest absolute Gasteiger partial charge is 0.0870 e. The van der Waals surface area contributed by atoms with Gasteiger partial charge in [-0.2, -0.15) is 5.26 Å². The van der Waals surface area contributed by atoms with Crippen molar-refractivity contribution >= 4 is 0 Å². The maximum absolute atomic E-state index is 8.86. The van der Waals surface area contributed by atoms with Gasteiger partial charge in [0.1, 0.15) is 0 Å². The van der Waals surface area contributed by atoms with Crippen molar-refractivity contribution in [1.29, 1.82) is 5.26 Å². The van der Waals surface area contributed by atoms with E-state index >= 15 is 0 Å². The zero-order chi connectivity index (χ0) is 8.10. The molecule has 1 unspecified atom stereocenters. The minimum Gasteiger partial charge on any atom is -0.395 e. The molecule has 1 saturated heterocycles. The van der Waals surface area contributed by atoms with E-state index in [1.165, 1.54) is 0 Å². The molecular weight excluding hydrogens is 144 g/mol. The van der Waals surface area contributed by atoms with Crippen LogP contribution in [0.4, 0.5) is 0 Å². The van der Waals surface area contributed by atoms with Crippen LogP contribution in [-0.2, 0) is 4.74 Å². The lowest BCUT2D eigenvalue weighted by Gasteiger charge is -2.32. The van der Waals surface area contributed by atoms with Crippen LogP contribution in [-0.4, -0.2) is 49.0 Å². The number of rotatable bonds is 2. The lowest BCUT2D eigenvalue weighted by Crippen LogP contribution is -2.47. The van der Waals surface area contributed by atoms with Crippen molar-refractivity contribution in [2.45, 2.75) is 6.04 Å². The second-order valence-corrected chi connectivity index (χ2v) is 2.54. The first-order valence-corrected chi connectivity index (χ1v) is 3.68. The van der Waals surface area contributed by atoms with E-state index in [1.807, 2.05) is 4.90 Å². The first-order valence-electron chi connectivity index (χ1n) is 3.68. The van der Waals surface area contributed by atoms with Crippen LogP contribution in [0.2, 0.25) is 0 Å². The molecule has 1 aliphatic rings. The van der Waals surface area contributed by atoms with Crippen LogP contribution in [0.25, 0.3) is 0 Å². The summed E-state index contributed by atoms with van der Waals surface area (Å²) in [6, 6.07) is 2.08. The fourth-order valence-corrected chi connectivity index (χ4v) is 1.16. The Balaban J connectivity index is 2.39. The summed E-state index contributed by atoms with van der Waals surface area (Å²) in [6.45, 7) is 2.41. The van der Waals surface area contributed by atoms with Crippen LogP contribution < -0.4 is 0 Å². The molecule has 0 aromatic rings. The lowest BCUT2D eigenvalue weighted by atomic mass is 10.2. The standard InChI is InChI=1S/C7H12N2O2/c8-1-2-9-3-4-11-6-7(9)5-10/h7,10H,2-6H2. The van der Waals surface area contributed by atoms with Gasteiger partial charge < -0.3 is 9.84 Å². The zero-order valence-electron chi connectivity index (χ0n) is 6.36. The third kappa shape index (κ3) is 2.15. The van der Waals surface area contributed by atoms with Gasteiger partial charge in [-0.05, 0) is 0 Å². The number of hydrogen-bond acceptors (Lipinski definition) is 4. The number of aliphatic hydroxyl groups excluding tert-OH is 1. The fourth-order valence-electron chi connectivity index (χ4n) is 1.16. The molecule has 11 heavy (non-hydrogen) atoms. The topological polar surface area (TPSA) is 56.5 Å². The van der Waals surface area contributed by atoms with Crippen molar-refractivity contribution in [1.82, 2.24) is 4.90 Å². The Kier molecular flexibility index (Phi) is 3.30. The third-order valence-corrected chi connectivity index (χ3v) is 1.83. The predicted octanol–water partition coefficient (Wildman–Crippen LogP) is -0.797. The molecule has 0 radical (unpaired) electrons. The van der Waals surface area contributed by atoms with E-state index in [0.29, 0.717) is 19.8 Å². The predicted molar refractivity (Wildman–Crippen MR) is 38.9 cm³/mol. The van der Waals surface area contributed by atoms with Gasteiger partial charge >= 0.3 is 0 Å². The molecule has 0 amide bonds. The van der Waals surface area contributed by atoms with Crippen molar-refractivity contribution < 1.29 is 9.84 Å². The highest BCUT2D eigenvalue weighted by atomic mass is 16.5. The summed E-state index contributed by atoms with van der Waals surface area (Å²) in [5.41, 5.74) is 0. The first-order chi connectivity index (χ1) is 5.38. The minimum absolute atomic E-state index is 0.0170. The highest BCUT2D eigenvalue weighted by Crippen LogP contribution is 2.04.